The second-order valence-electron chi connectivity index (χ2n) is 9.63. The SMILES string of the molecule is CC(C)[C@H](N)C(=O)N1CCN(C(=O)c2ccc(C(C)(C)C)cc2)C(C)(C)C1.Cl. The standard InChI is InChI=1S/C22H35N3O2.ClH/c1-15(2)18(23)20(27)24-12-13-25(22(6,7)14-24)19(26)16-8-10-17(11-9-16)21(3,4)5;/h8-11,15,18H,12-14,23H2,1-7H3;1H/t18-;/m0./s1. The van der Waals surface area contributed by atoms with Crippen molar-refractivity contribution in [3.63, 3.8) is 0 Å². The Labute approximate surface area is 176 Å². The predicted octanol–water partition coefficient (Wildman–Crippen LogP) is 3.45. The van der Waals surface area contributed by atoms with Gasteiger partial charge in [-0.25, -0.2) is 0 Å². The van der Waals surface area contributed by atoms with Gasteiger partial charge < -0.3 is 15.5 Å². The van der Waals surface area contributed by atoms with Crippen LogP contribution in [0.1, 0.15) is 64.4 Å². The van der Waals surface area contributed by atoms with Crippen molar-refractivity contribution < 1.29 is 9.59 Å². The van der Waals surface area contributed by atoms with Gasteiger partial charge in [-0.1, -0.05) is 46.8 Å². The molecule has 0 bridgehead atoms. The Balaban J connectivity index is 0.00000392. The smallest absolute Gasteiger partial charge is 0.254 e. The number of amides is 2. The number of rotatable bonds is 3. The van der Waals surface area contributed by atoms with Gasteiger partial charge >= 0.3 is 0 Å². The Morgan fingerprint density at radius 3 is 2.04 bits per heavy atom. The van der Waals surface area contributed by atoms with Crippen molar-refractivity contribution in [3.8, 4) is 0 Å². The van der Waals surface area contributed by atoms with Crippen LogP contribution in [0.5, 0.6) is 0 Å². The lowest BCUT2D eigenvalue weighted by atomic mass is 9.86. The summed E-state index contributed by atoms with van der Waals surface area (Å²) in [4.78, 5) is 29.4. The van der Waals surface area contributed by atoms with Crippen LogP contribution in [-0.4, -0.2) is 52.8 Å². The average Bonchev–Trinajstić information content (AvgIpc) is 2.58. The average molecular weight is 410 g/mol. The second-order valence-corrected chi connectivity index (χ2v) is 9.63. The summed E-state index contributed by atoms with van der Waals surface area (Å²) in [6, 6.07) is 7.38. The maximum absolute atomic E-state index is 13.1. The summed E-state index contributed by atoms with van der Waals surface area (Å²) < 4.78 is 0. The second kappa shape index (κ2) is 8.83. The molecule has 0 aliphatic carbocycles. The van der Waals surface area contributed by atoms with E-state index in [1.807, 2.05) is 56.9 Å². The minimum absolute atomic E-state index is 0. The number of carbonyl (C=O) groups is 2. The lowest BCUT2D eigenvalue weighted by Crippen LogP contribution is -2.64. The predicted molar refractivity (Wildman–Crippen MR) is 117 cm³/mol. The summed E-state index contributed by atoms with van der Waals surface area (Å²) in [6.07, 6.45) is 0. The third-order valence-corrected chi connectivity index (χ3v) is 5.46. The quantitative estimate of drug-likeness (QED) is 0.831. The molecule has 1 heterocycles. The van der Waals surface area contributed by atoms with Gasteiger partial charge in [0.15, 0.2) is 0 Å². The topological polar surface area (TPSA) is 66.6 Å². The van der Waals surface area contributed by atoms with E-state index in [0.29, 0.717) is 25.2 Å². The van der Waals surface area contributed by atoms with Crippen LogP contribution in [0.15, 0.2) is 24.3 Å². The molecule has 1 aliphatic rings. The van der Waals surface area contributed by atoms with E-state index in [9.17, 15) is 9.59 Å². The first-order chi connectivity index (χ1) is 12.3. The molecule has 0 saturated carbocycles. The molecule has 0 unspecified atom stereocenters. The van der Waals surface area contributed by atoms with Crippen molar-refractivity contribution in [1.82, 2.24) is 9.80 Å². The fraction of sp³-hybridized carbons (Fsp3) is 0.636. The highest BCUT2D eigenvalue weighted by molar-refractivity contribution is 5.95. The Bertz CT molecular complexity index is 693. The van der Waals surface area contributed by atoms with Crippen LogP contribution >= 0.6 is 12.4 Å². The molecular weight excluding hydrogens is 374 g/mol. The molecular formula is C22H36ClN3O2. The van der Waals surface area contributed by atoms with Crippen LogP contribution in [-0.2, 0) is 10.2 Å². The van der Waals surface area contributed by atoms with Crippen molar-refractivity contribution in [2.24, 2.45) is 11.7 Å². The van der Waals surface area contributed by atoms with Gasteiger partial charge in [0.25, 0.3) is 5.91 Å². The van der Waals surface area contributed by atoms with Gasteiger partial charge in [0.05, 0.1) is 11.6 Å². The molecule has 2 rings (SSSR count). The van der Waals surface area contributed by atoms with E-state index in [2.05, 4.69) is 20.8 Å². The van der Waals surface area contributed by atoms with E-state index in [4.69, 9.17) is 5.73 Å². The van der Waals surface area contributed by atoms with E-state index in [-0.39, 0.29) is 35.6 Å². The summed E-state index contributed by atoms with van der Waals surface area (Å²) in [5, 5.41) is 0. The molecule has 158 valence electrons. The van der Waals surface area contributed by atoms with Crippen LogP contribution < -0.4 is 5.73 Å². The first-order valence-electron chi connectivity index (χ1n) is 9.81. The molecule has 2 amide bonds. The van der Waals surface area contributed by atoms with Crippen molar-refractivity contribution in [2.45, 2.75) is 65.5 Å². The Morgan fingerprint density at radius 1 is 1.07 bits per heavy atom. The van der Waals surface area contributed by atoms with Gasteiger partial charge in [0.1, 0.15) is 0 Å². The van der Waals surface area contributed by atoms with E-state index >= 15 is 0 Å². The Morgan fingerprint density at radius 2 is 1.61 bits per heavy atom. The van der Waals surface area contributed by atoms with Crippen LogP contribution in [0.25, 0.3) is 0 Å². The zero-order valence-corrected chi connectivity index (χ0v) is 19.1. The number of nitrogens with zero attached hydrogens (tertiary/aromatic N) is 2. The maximum atomic E-state index is 13.1. The molecule has 1 fully saturated rings. The minimum atomic E-state index is -0.493. The Hall–Kier alpha value is -1.59. The van der Waals surface area contributed by atoms with Crippen LogP contribution in [0.4, 0.5) is 0 Å². The molecule has 2 N–H and O–H groups in total. The molecule has 6 heteroatoms. The van der Waals surface area contributed by atoms with Gasteiger partial charge in [-0.2, -0.15) is 0 Å². The zero-order chi connectivity index (χ0) is 20.6. The molecule has 1 atom stereocenters. The normalized spacial score (nSPS) is 17.9. The fourth-order valence-electron chi connectivity index (χ4n) is 3.48. The molecule has 5 nitrogen and oxygen atoms in total. The highest BCUT2D eigenvalue weighted by Crippen LogP contribution is 2.26. The monoisotopic (exact) mass is 409 g/mol. The first kappa shape index (κ1) is 24.4. The third-order valence-electron chi connectivity index (χ3n) is 5.46. The van der Waals surface area contributed by atoms with Gasteiger partial charge in [0.2, 0.25) is 5.91 Å². The summed E-state index contributed by atoms with van der Waals surface area (Å²) in [5.74, 6) is 0.0852. The van der Waals surface area contributed by atoms with Gasteiger partial charge in [-0.05, 0) is 42.9 Å². The van der Waals surface area contributed by atoms with E-state index in [1.54, 1.807) is 4.90 Å². The van der Waals surface area contributed by atoms with Gasteiger partial charge in [0, 0.05) is 25.2 Å². The summed E-state index contributed by atoms with van der Waals surface area (Å²) in [6.45, 7) is 15.9. The largest absolute Gasteiger partial charge is 0.337 e. The fourth-order valence-corrected chi connectivity index (χ4v) is 3.48. The highest BCUT2D eigenvalue weighted by Gasteiger charge is 2.39. The van der Waals surface area contributed by atoms with Crippen LogP contribution in [0.2, 0.25) is 0 Å². The zero-order valence-electron chi connectivity index (χ0n) is 18.3. The number of nitrogens with two attached hydrogens (primary N) is 1. The Kier molecular flexibility index (Phi) is 7.71. The summed E-state index contributed by atoms with van der Waals surface area (Å²) in [7, 11) is 0. The van der Waals surface area contributed by atoms with Crippen LogP contribution in [0.3, 0.4) is 0 Å². The lowest BCUT2D eigenvalue weighted by molar-refractivity contribution is -0.137. The van der Waals surface area contributed by atoms with E-state index in [1.165, 1.54) is 5.56 Å². The lowest BCUT2D eigenvalue weighted by Gasteiger charge is -2.47. The van der Waals surface area contributed by atoms with Crippen molar-refractivity contribution in [1.29, 1.82) is 0 Å². The molecule has 1 saturated heterocycles. The number of piperazine rings is 1. The molecule has 1 aromatic rings. The van der Waals surface area contributed by atoms with E-state index < -0.39 is 11.6 Å². The van der Waals surface area contributed by atoms with Gasteiger partial charge in [-0.3, -0.25) is 9.59 Å². The minimum Gasteiger partial charge on any atom is -0.337 e. The van der Waals surface area contributed by atoms with Gasteiger partial charge in [-0.15, -0.1) is 12.4 Å². The van der Waals surface area contributed by atoms with Crippen LogP contribution in [0, 0.1) is 5.92 Å². The molecule has 0 radical (unpaired) electrons. The number of hydrogen-bond donors (Lipinski definition) is 1. The summed E-state index contributed by atoms with van der Waals surface area (Å²) in [5.41, 5.74) is 7.55. The molecule has 1 aliphatic heterocycles. The molecule has 28 heavy (non-hydrogen) atoms. The van der Waals surface area contributed by atoms with Crippen molar-refractivity contribution >= 4 is 24.2 Å². The highest BCUT2D eigenvalue weighted by atomic mass is 35.5. The molecule has 1 aromatic carbocycles. The number of carbonyl (C=O) groups excluding carboxylic acids is 2. The van der Waals surface area contributed by atoms with E-state index in [0.717, 1.165) is 0 Å². The van der Waals surface area contributed by atoms with Crippen molar-refractivity contribution in [2.75, 3.05) is 19.6 Å². The number of hydrogen-bond acceptors (Lipinski definition) is 3. The third kappa shape index (κ3) is 5.26. The molecule has 0 spiro atoms. The number of benzene rings is 1. The van der Waals surface area contributed by atoms with Crippen molar-refractivity contribution in [3.05, 3.63) is 35.4 Å². The number of halogens is 1. The summed E-state index contributed by atoms with van der Waals surface area (Å²) >= 11 is 0. The first-order valence-corrected chi connectivity index (χ1v) is 9.81. The maximum Gasteiger partial charge on any atom is 0.254 e. The molecule has 0 aromatic heterocycles.